The van der Waals surface area contributed by atoms with Crippen molar-refractivity contribution in [3.05, 3.63) is 29.3 Å². The SMILES string of the molecule is O=C(O)CC1CCCN(C(=O)c2csc(-c3ccc4c(c3)OCO4)n2)CC1. The molecule has 0 bridgehead atoms. The molecule has 2 aliphatic heterocycles. The number of aromatic nitrogens is 1. The Morgan fingerprint density at radius 1 is 1.22 bits per heavy atom. The number of hydrogen-bond acceptors (Lipinski definition) is 6. The van der Waals surface area contributed by atoms with E-state index in [9.17, 15) is 9.59 Å². The number of thiazole rings is 1. The molecular formula is C19H20N2O5S. The van der Waals surface area contributed by atoms with Crippen LogP contribution in [-0.2, 0) is 4.79 Å². The van der Waals surface area contributed by atoms with Gasteiger partial charge in [-0.1, -0.05) is 0 Å². The molecule has 1 aromatic heterocycles. The lowest BCUT2D eigenvalue weighted by atomic mass is 9.97. The van der Waals surface area contributed by atoms with E-state index in [2.05, 4.69) is 4.98 Å². The van der Waals surface area contributed by atoms with Crippen LogP contribution in [0.4, 0.5) is 0 Å². The number of ether oxygens (including phenoxy) is 2. The van der Waals surface area contributed by atoms with Crippen LogP contribution in [0.2, 0.25) is 0 Å². The number of amides is 1. The van der Waals surface area contributed by atoms with Gasteiger partial charge in [-0.3, -0.25) is 9.59 Å². The molecule has 2 aromatic rings. The summed E-state index contributed by atoms with van der Waals surface area (Å²) in [5.74, 6) is 0.682. The summed E-state index contributed by atoms with van der Waals surface area (Å²) in [5.41, 5.74) is 1.32. The van der Waals surface area contributed by atoms with Crippen molar-refractivity contribution in [2.75, 3.05) is 19.9 Å². The zero-order valence-electron chi connectivity index (χ0n) is 14.7. The maximum Gasteiger partial charge on any atom is 0.303 e. The Hall–Kier alpha value is -2.61. The van der Waals surface area contributed by atoms with Crippen molar-refractivity contribution in [3.63, 3.8) is 0 Å². The number of carboxylic acid groups (broad SMARTS) is 1. The Kier molecular flexibility index (Phi) is 4.98. The van der Waals surface area contributed by atoms with E-state index in [4.69, 9.17) is 14.6 Å². The molecule has 1 atom stereocenters. The number of aliphatic carboxylic acids is 1. The van der Waals surface area contributed by atoms with Gasteiger partial charge in [0, 0.05) is 30.5 Å². The monoisotopic (exact) mass is 388 g/mol. The van der Waals surface area contributed by atoms with Crippen molar-refractivity contribution in [1.29, 1.82) is 0 Å². The van der Waals surface area contributed by atoms with Gasteiger partial charge < -0.3 is 19.5 Å². The standard InChI is InChI=1S/C19H20N2O5S/c22-17(23)8-12-2-1-6-21(7-5-12)19(24)14-10-27-18(20-14)13-3-4-15-16(9-13)26-11-25-15/h3-4,9-10,12H,1-2,5-8,11H2,(H,22,23). The van der Waals surface area contributed by atoms with Gasteiger partial charge in [-0.15, -0.1) is 11.3 Å². The Morgan fingerprint density at radius 3 is 2.93 bits per heavy atom. The topological polar surface area (TPSA) is 89.0 Å². The number of likely N-dealkylation sites (tertiary alicyclic amines) is 1. The van der Waals surface area contributed by atoms with Gasteiger partial charge in [0.2, 0.25) is 6.79 Å². The molecular weight excluding hydrogens is 368 g/mol. The first-order chi connectivity index (χ1) is 13.1. The number of rotatable bonds is 4. The second-order valence-corrected chi connectivity index (χ2v) is 7.65. The van der Waals surface area contributed by atoms with Crippen LogP contribution in [0.15, 0.2) is 23.6 Å². The Bertz CT molecular complexity index is 866. The van der Waals surface area contributed by atoms with E-state index >= 15 is 0 Å². The molecule has 27 heavy (non-hydrogen) atoms. The van der Waals surface area contributed by atoms with Gasteiger partial charge in [-0.05, 0) is 43.4 Å². The predicted molar refractivity (Wildman–Crippen MR) is 99.2 cm³/mol. The fraction of sp³-hybridized carbons (Fsp3) is 0.421. The molecule has 1 fully saturated rings. The molecule has 1 N–H and O–H groups in total. The average Bonchev–Trinajstić information content (AvgIpc) is 3.26. The van der Waals surface area contributed by atoms with E-state index in [0.29, 0.717) is 30.3 Å². The van der Waals surface area contributed by atoms with Crippen molar-refractivity contribution in [2.24, 2.45) is 5.92 Å². The quantitative estimate of drug-likeness (QED) is 0.865. The van der Waals surface area contributed by atoms with Crippen LogP contribution in [-0.4, -0.2) is 46.7 Å². The van der Waals surface area contributed by atoms with Gasteiger partial charge in [0.1, 0.15) is 10.7 Å². The first-order valence-electron chi connectivity index (χ1n) is 8.97. The maximum absolute atomic E-state index is 12.8. The molecule has 3 heterocycles. The molecule has 0 saturated carbocycles. The molecule has 1 unspecified atom stereocenters. The molecule has 1 aromatic carbocycles. The largest absolute Gasteiger partial charge is 0.481 e. The highest BCUT2D eigenvalue weighted by atomic mass is 32.1. The zero-order valence-corrected chi connectivity index (χ0v) is 15.5. The highest BCUT2D eigenvalue weighted by Crippen LogP contribution is 2.36. The lowest BCUT2D eigenvalue weighted by molar-refractivity contribution is -0.138. The van der Waals surface area contributed by atoms with Gasteiger partial charge >= 0.3 is 5.97 Å². The summed E-state index contributed by atoms with van der Waals surface area (Å²) >= 11 is 1.42. The molecule has 0 radical (unpaired) electrons. The number of benzene rings is 1. The minimum atomic E-state index is -0.771. The van der Waals surface area contributed by atoms with Gasteiger partial charge in [0.15, 0.2) is 11.5 Å². The smallest absolute Gasteiger partial charge is 0.303 e. The maximum atomic E-state index is 12.8. The van der Waals surface area contributed by atoms with E-state index in [1.165, 1.54) is 11.3 Å². The van der Waals surface area contributed by atoms with Crippen molar-refractivity contribution < 1.29 is 24.2 Å². The third kappa shape index (κ3) is 3.90. The second kappa shape index (κ2) is 7.56. The normalized spacial score (nSPS) is 19.0. The van der Waals surface area contributed by atoms with Crippen molar-refractivity contribution in [2.45, 2.75) is 25.7 Å². The van der Waals surface area contributed by atoms with Crippen molar-refractivity contribution >= 4 is 23.2 Å². The third-order valence-electron chi connectivity index (χ3n) is 4.94. The highest BCUT2D eigenvalue weighted by molar-refractivity contribution is 7.13. The van der Waals surface area contributed by atoms with Crippen molar-refractivity contribution in [3.8, 4) is 22.1 Å². The molecule has 4 rings (SSSR count). The van der Waals surface area contributed by atoms with Crippen LogP contribution in [0.25, 0.3) is 10.6 Å². The molecule has 0 spiro atoms. The fourth-order valence-corrected chi connectivity index (χ4v) is 4.31. The zero-order chi connectivity index (χ0) is 18.8. The van der Waals surface area contributed by atoms with Crippen LogP contribution in [0, 0.1) is 5.92 Å². The summed E-state index contributed by atoms with van der Waals surface area (Å²) in [6.07, 6.45) is 2.56. The van der Waals surface area contributed by atoms with Crippen LogP contribution >= 0.6 is 11.3 Å². The van der Waals surface area contributed by atoms with E-state index in [0.717, 1.165) is 29.8 Å². The van der Waals surface area contributed by atoms with Crippen LogP contribution in [0.1, 0.15) is 36.2 Å². The van der Waals surface area contributed by atoms with Crippen LogP contribution in [0.3, 0.4) is 0 Å². The summed E-state index contributed by atoms with van der Waals surface area (Å²) in [5, 5.41) is 11.5. The third-order valence-corrected chi connectivity index (χ3v) is 5.83. The molecule has 2 aliphatic rings. The van der Waals surface area contributed by atoms with Crippen LogP contribution in [0.5, 0.6) is 11.5 Å². The highest BCUT2D eigenvalue weighted by Gasteiger charge is 2.25. The van der Waals surface area contributed by atoms with E-state index in [1.807, 2.05) is 18.2 Å². The lowest BCUT2D eigenvalue weighted by Gasteiger charge is -2.19. The summed E-state index contributed by atoms with van der Waals surface area (Å²) in [4.78, 5) is 30.0. The van der Waals surface area contributed by atoms with Crippen LogP contribution < -0.4 is 9.47 Å². The summed E-state index contributed by atoms with van der Waals surface area (Å²) < 4.78 is 10.7. The molecule has 142 valence electrons. The molecule has 8 heteroatoms. The van der Waals surface area contributed by atoms with Gasteiger partial charge in [0.25, 0.3) is 5.91 Å². The minimum absolute atomic E-state index is 0.0887. The van der Waals surface area contributed by atoms with Gasteiger partial charge in [-0.25, -0.2) is 4.98 Å². The second-order valence-electron chi connectivity index (χ2n) is 6.79. The number of hydrogen-bond donors (Lipinski definition) is 1. The first-order valence-corrected chi connectivity index (χ1v) is 9.85. The molecule has 7 nitrogen and oxygen atoms in total. The van der Waals surface area contributed by atoms with E-state index in [1.54, 1.807) is 10.3 Å². The minimum Gasteiger partial charge on any atom is -0.481 e. The first kappa shape index (κ1) is 17.8. The number of carbonyl (C=O) groups excluding carboxylic acids is 1. The van der Waals surface area contributed by atoms with Gasteiger partial charge in [-0.2, -0.15) is 0 Å². The fourth-order valence-electron chi connectivity index (χ4n) is 3.52. The van der Waals surface area contributed by atoms with Crippen molar-refractivity contribution in [1.82, 2.24) is 9.88 Å². The average molecular weight is 388 g/mol. The lowest BCUT2D eigenvalue weighted by Crippen LogP contribution is -2.32. The predicted octanol–water partition coefficient (Wildman–Crippen LogP) is 3.26. The summed E-state index contributed by atoms with van der Waals surface area (Å²) in [6.45, 7) is 1.44. The molecule has 1 saturated heterocycles. The Balaban J connectivity index is 1.45. The molecule has 1 amide bonds. The number of fused-ring (bicyclic) bond motifs is 1. The number of carbonyl (C=O) groups is 2. The Labute approximate surface area is 160 Å². The number of carboxylic acids is 1. The summed E-state index contributed by atoms with van der Waals surface area (Å²) in [6, 6.07) is 5.62. The summed E-state index contributed by atoms with van der Waals surface area (Å²) in [7, 11) is 0. The number of nitrogens with zero attached hydrogens (tertiary/aromatic N) is 2. The van der Waals surface area contributed by atoms with E-state index < -0.39 is 5.97 Å². The molecule has 0 aliphatic carbocycles. The van der Waals surface area contributed by atoms with Gasteiger partial charge in [0.05, 0.1) is 0 Å². The van der Waals surface area contributed by atoms with E-state index in [-0.39, 0.29) is 25.0 Å². The Morgan fingerprint density at radius 2 is 2.07 bits per heavy atom.